The molecule has 0 saturated carbocycles. The van der Waals surface area contributed by atoms with Crippen molar-refractivity contribution in [1.29, 1.82) is 0 Å². The van der Waals surface area contributed by atoms with Crippen molar-refractivity contribution in [3.8, 4) is 0 Å². The van der Waals surface area contributed by atoms with Crippen LogP contribution in [0.1, 0.15) is 41.0 Å². The molecule has 0 aliphatic carbocycles. The Labute approximate surface area is 87.0 Å². The minimum Gasteiger partial charge on any atom is -0.348 e. The van der Waals surface area contributed by atoms with E-state index >= 15 is 0 Å². The molecule has 0 aromatic rings. The van der Waals surface area contributed by atoms with Crippen LogP contribution in [0.5, 0.6) is 0 Å². The van der Waals surface area contributed by atoms with Gasteiger partial charge in [-0.1, -0.05) is 46.8 Å². The summed E-state index contributed by atoms with van der Waals surface area (Å²) in [5.74, 6) is 2.35. The predicted molar refractivity (Wildman–Crippen MR) is 60.2 cm³/mol. The zero-order chi connectivity index (χ0) is 11.2. The van der Waals surface area contributed by atoms with Crippen LogP contribution in [-0.4, -0.2) is 10.7 Å². The third kappa shape index (κ3) is 7.54. The van der Waals surface area contributed by atoms with Crippen LogP contribution < -0.4 is 0 Å². The Hall–Kier alpha value is -1.10. The molecule has 0 aliphatic heterocycles. The average Bonchev–Trinajstić information content (AvgIpc) is 1.93. The maximum Gasteiger partial charge on any atom is 0.299 e. The summed E-state index contributed by atoms with van der Waals surface area (Å²) in [4.78, 5) is 2.77. The maximum atomic E-state index is 8.13. The molecule has 14 heavy (non-hydrogen) atoms. The van der Waals surface area contributed by atoms with Crippen molar-refractivity contribution in [3.05, 3.63) is 23.8 Å². The number of nitrogens with zero attached hydrogens (tertiary/aromatic N) is 2. The first kappa shape index (κ1) is 12.9. The lowest BCUT2D eigenvalue weighted by Crippen LogP contribution is -2.18. The minimum atomic E-state index is 0.159. The summed E-state index contributed by atoms with van der Waals surface area (Å²) < 4.78 is 0. The van der Waals surface area contributed by atoms with Crippen molar-refractivity contribution in [3.63, 3.8) is 0 Å². The zero-order valence-electron chi connectivity index (χ0n) is 9.83. The molecule has 2 heteroatoms. The first-order valence-corrected chi connectivity index (χ1v) is 4.87. The van der Waals surface area contributed by atoms with Crippen LogP contribution in [0, 0.1) is 10.8 Å². The standard InChI is InChI=1S/C12H20N2/c1-11(2,3)10-12(4,5)8-6-7-9-14-13/h6-8H,10H2,1-5H3. The lowest BCUT2D eigenvalue weighted by atomic mass is 9.76. The second-order valence-electron chi connectivity index (χ2n) is 5.48. The first-order valence-electron chi connectivity index (χ1n) is 4.87. The molecule has 0 amide bonds. The zero-order valence-corrected chi connectivity index (χ0v) is 9.83. The normalized spacial score (nSPS) is 12.4. The number of hydrogen-bond donors (Lipinski definition) is 0. The van der Waals surface area contributed by atoms with Gasteiger partial charge in [0.1, 0.15) is 0 Å². The van der Waals surface area contributed by atoms with E-state index in [1.807, 2.05) is 6.08 Å². The molecular weight excluding hydrogens is 172 g/mol. The minimum absolute atomic E-state index is 0.159. The second kappa shape index (κ2) is 4.95. The maximum absolute atomic E-state index is 8.13. The SMILES string of the molecule is CC(C)(C)CC(C)(C)C=CC=C=[N+]=[N-]. The quantitative estimate of drug-likeness (QED) is 0.284. The number of rotatable bonds is 3. The fraction of sp³-hybridized carbons (Fsp3) is 0.667. The second-order valence-corrected chi connectivity index (χ2v) is 5.48. The molecule has 0 saturated heterocycles. The van der Waals surface area contributed by atoms with Crippen LogP contribution in [0.4, 0.5) is 0 Å². The summed E-state index contributed by atoms with van der Waals surface area (Å²) in [6.07, 6.45) is 6.69. The topological polar surface area (TPSA) is 36.4 Å². The van der Waals surface area contributed by atoms with Gasteiger partial charge in [-0.3, -0.25) is 0 Å². The van der Waals surface area contributed by atoms with E-state index in [4.69, 9.17) is 5.53 Å². The lowest BCUT2D eigenvalue weighted by molar-refractivity contribution is 0.00805. The van der Waals surface area contributed by atoms with E-state index in [0.29, 0.717) is 5.41 Å². The summed E-state index contributed by atoms with van der Waals surface area (Å²) >= 11 is 0. The highest BCUT2D eigenvalue weighted by atomic mass is 14.8. The van der Waals surface area contributed by atoms with Crippen molar-refractivity contribution < 1.29 is 4.79 Å². The molecule has 0 N–H and O–H groups in total. The van der Waals surface area contributed by atoms with Crippen molar-refractivity contribution in [2.45, 2.75) is 41.0 Å². The molecule has 0 spiro atoms. The van der Waals surface area contributed by atoms with Crippen molar-refractivity contribution >= 4 is 5.87 Å². The van der Waals surface area contributed by atoms with Gasteiger partial charge in [0.2, 0.25) is 0 Å². The molecule has 0 atom stereocenters. The Kier molecular flexibility index (Phi) is 4.56. The summed E-state index contributed by atoms with van der Waals surface area (Å²) in [7, 11) is 0. The molecule has 0 rings (SSSR count). The van der Waals surface area contributed by atoms with Crippen LogP contribution in [0.25, 0.3) is 5.53 Å². The van der Waals surface area contributed by atoms with Crippen molar-refractivity contribution in [1.82, 2.24) is 0 Å². The van der Waals surface area contributed by atoms with Gasteiger partial charge in [-0.2, -0.15) is 0 Å². The highest BCUT2D eigenvalue weighted by molar-refractivity contribution is 5.48. The molecule has 2 nitrogen and oxygen atoms in total. The monoisotopic (exact) mass is 192 g/mol. The first-order chi connectivity index (χ1) is 6.27. The molecule has 78 valence electrons. The highest BCUT2D eigenvalue weighted by Gasteiger charge is 2.22. The van der Waals surface area contributed by atoms with Crippen LogP contribution in [0.3, 0.4) is 0 Å². The van der Waals surface area contributed by atoms with E-state index < -0.39 is 0 Å². The van der Waals surface area contributed by atoms with Crippen LogP contribution in [0.2, 0.25) is 0 Å². The molecule has 0 aliphatic rings. The fourth-order valence-electron chi connectivity index (χ4n) is 1.81. The van der Waals surface area contributed by atoms with Gasteiger partial charge in [-0.25, -0.2) is 0 Å². The van der Waals surface area contributed by atoms with Crippen molar-refractivity contribution in [2.24, 2.45) is 10.8 Å². The van der Waals surface area contributed by atoms with Gasteiger partial charge in [-0.05, 0) is 17.3 Å². The molecule has 0 aromatic carbocycles. The Morgan fingerprint density at radius 2 is 1.79 bits per heavy atom. The molecular formula is C12H20N2. The summed E-state index contributed by atoms with van der Waals surface area (Å²) in [6.45, 7) is 11.1. The van der Waals surface area contributed by atoms with Gasteiger partial charge in [0.05, 0.1) is 6.08 Å². The van der Waals surface area contributed by atoms with Crippen LogP contribution in [0.15, 0.2) is 18.2 Å². The third-order valence-electron chi connectivity index (χ3n) is 1.76. The van der Waals surface area contributed by atoms with Gasteiger partial charge in [0.15, 0.2) is 0 Å². The number of allylic oxidation sites excluding steroid dienone is 3. The molecule has 0 unspecified atom stereocenters. The van der Waals surface area contributed by atoms with Gasteiger partial charge in [0, 0.05) is 0 Å². The molecule has 0 bridgehead atoms. The summed E-state index contributed by atoms with van der Waals surface area (Å²) in [5.41, 5.74) is 8.61. The van der Waals surface area contributed by atoms with Gasteiger partial charge in [-0.15, -0.1) is 4.79 Å². The van der Waals surface area contributed by atoms with Crippen molar-refractivity contribution in [2.75, 3.05) is 0 Å². The summed E-state index contributed by atoms with van der Waals surface area (Å²) in [5, 5.41) is 0. The number of hydrogen-bond acceptors (Lipinski definition) is 0. The Bertz CT molecular complexity index is 280. The van der Waals surface area contributed by atoms with E-state index in [0.717, 1.165) is 6.42 Å². The largest absolute Gasteiger partial charge is 0.348 e. The summed E-state index contributed by atoms with van der Waals surface area (Å²) in [6, 6.07) is 0. The van der Waals surface area contributed by atoms with E-state index in [-0.39, 0.29) is 5.41 Å². The van der Waals surface area contributed by atoms with E-state index in [9.17, 15) is 0 Å². The Morgan fingerprint density at radius 1 is 1.21 bits per heavy atom. The Morgan fingerprint density at radius 3 is 2.21 bits per heavy atom. The van der Waals surface area contributed by atoms with Crippen LogP contribution in [-0.2, 0) is 0 Å². The highest BCUT2D eigenvalue weighted by Crippen LogP contribution is 2.33. The molecule has 0 radical (unpaired) electrons. The Balaban J connectivity index is 4.41. The molecule has 0 fully saturated rings. The van der Waals surface area contributed by atoms with E-state index in [1.165, 1.54) is 0 Å². The smallest absolute Gasteiger partial charge is 0.299 e. The fourth-order valence-corrected chi connectivity index (χ4v) is 1.81. The van der Waals surface area contributed by atoms with Gasteiger partial charge >= 0.3 is 0 Å². The molecule has 0 heterocycles. The predicted octanol–water partition coefficient (Wildman–Crippen LogP) is 3.46. The van der Waals surface area contributed by atoms with E-state index in [1.54, 1.807) is 6.08 Å². The molecule has 0 aromatic heterocycles. The average molecular weight is 192 g/mol. The van der Waals surface area contributed by atoms with Crippen LogP contribution >= 0.6 is 0 Å². The van der Waals surface area contributed by atoms with Gasteiger partial charge in [0.25, 0.3) is 5.87 Å². The van der Waals surface area contributed by atoms with E-state index in [2.05, 4.69) is 51.4 Å². The lowest BCUT2D eigenvalue weighted by Gasteiger charge is -2.29. The third-order valence-corrected chi connectivity index (χ3v) is 1.76. The van der Waals surface area contributed by atoms with Gasteiger partial charge < -0.3 is 5.53 Å².